The Labute approximate surface area is 188 Å². The molecule has 0 spiro atoms. The number of hydrogen-bond acceptors (Lipinski definition) is 6. The molecule has 0 fully saturated rings. The van der Waals surface area contributed by atoms with Gasteiger partial charge in [-0.05, 0) is 54.6 Å². The van der Waals surface area contributed by atoms with Crippen molar-refractivity contribution in [3.05, 3.63) is 88.6 Å². The van der Waals surface area contributed by atoms with Crippen LogP contribution in [0.1, 0.15) is 26.5 Å². The number of furan rings is 1. The topological polar surface area (TPSA) is 77.8 Å². The van der Waals surface area contributed by atoms with Crippen molar-refractivity contribution in [3.63, 3.8) is 0 Å². The van der Waals surface area contributed by atoms with Crippen LogP contribution in [-0.2, 0) is 0 Å². The number of carbonyl (C=O) groups excluding carboxylic acids is 2. The normalized spacial score (nSPS) is 12.5. The first-order chi connectivity index (χ1) is 15.6. The van der Waals surface area contributed by atoms with E-state index in [0.29, 0.717) is 52.1 Å². The van der Waals surface area contributed by atoms with Crippen molar-refractivity contribution in [2.75, 3.05) is 25.1 Å². The average molecular weight is 448 g/mol. The number of ketones is 2. The van der Waals surface area contributed by atoms with Crippen LogP contribution in [-0.4, -0.2) is 31.3 Å². The van der Waals surface area contributed by atoms with Gasteiger partial charge in [-0.1, -0.05) is 23.7 Å². The average Bonchev–Trinajstić information content (AvgIpc) is 3.21. The molecule has 2 heterocycles. The third kappa shape index (κ3) is 3.81. The van der Waals surface area contributed by atoms with E-state index in [1.807, 2.05) is 18.2 Å². The van der Waals surface area contributed by atoms with Crippen LogP contribution in [0.2, 0.25) is 5.02 Å². The molecule has 0 saturated heterocycles. The Morgan fingerprint density at radius 1 is 0.875 bits per heavy atom. The molecule has 0 bridgehead atoms. The molecule has 0 amide bonds. The molecule has 1 N–H and O–H groups in total. The zero-order chi connectivity index (χ0) is 22.1. The second-order valence-electron chi connectivity index (χ2n) is 7.27. The number of anilines is 1. The molecule has 160 valence electrons. The number of hydrogen-bond donors (Lipinski definition) is 1. The van der Waals surface area contributed by atoms with Gasteiger partial charge in [-0.15, -0.1) is 0 Å². The Balaban J connectivity index is 1.43. The Hall–Kier alpha value is -3.77. The summed E-state index contributed by atoms with van der Waals surface area (Å²) in [5.74, 6) is 0.861. The van der Waals surface area contributed by atoms with E-state index >= 15 is 0 Å². The van der Waals surface area contributed by atoms with E-state index in [9.17, 15) is 9.59 Å². The summed E-state index contributed by atoms with van der Waals surface area (Å²) in [7, 11) is 0. The van der Waals surface area contributed by atoms with E-state index in [1.54, 1.807) is 48.5 Å². The lowest BCUT2D eigenvalue weighted by Gasteiger charge is -2.18. The summed E-state index contributed by atoms with van der Waals surface area (Å²) in [4.78, 5) is 26.0. The molecular formula is C25H18ClNO5. The van der Waals surface area contributed by atoms with Crippen LogP contribution in [0.4, 0.5) is 5.69 Å². The van der Waals surface area contributed by atoms with Crippen LogP contribution < -0.4 is 14.8 Å². The Morgan fingerprint density at radius 2 is 1.59 bits per heavy atom. The van der Waals surface area contributed by atoms with Gasteiger partial charge in [0, 0.05) is 21.5 Å². The lowest BCUT2D eigenvalue weighted by Crippen LogP contribution is -2.18. The third-order valence-corrected chi connectivity index (χ3v) is 5.45. The zero-order valence-electron chi connectivity index (χ0n) is 16.9. The molecule has 0 atom stereocenters. The summed E-state index contributed by atoms with van der Waals surface area (Å²) >= 11 is 5.94. The van der Waals surface area contributed by atoms with Crippen molar-refractivity contribution in [2.24, 2.45) is 0 Å². The van der Waals surface area contributed by atoms with Crippen LogP contribution in [0.5, 0.6) is 11.5 Å². The van der Waals surface area contributed by atoms with E-state index in [-0.39, 0.29) is 23.9 Å². The van der Waals surface area contributed by atoms with Gasteiger partial charge < -0.3 is 19.2 Å². The number of para-hydroxylation sites is 1. The van der Waals surface area contributed by atoms with Gasteiger partial charge in [0.1, 0.15) is 18.8 Å². The molecule has 4 aromatic rings. The number of halogens is 1. The molecular weight excluding hydrogens is 430 g/mol. The number of benzene rings is 3. The largest absolute Gasteiger partial charge is 0.486 e. The summed E-state index contributed by atoms with van der Waals surface area (Å²) in [6.07, 6.45) is 0. The third-order valence-electron chi connectivity index (χ3n) is 5.20. The van der Waals surface area contributed by atoms with E-state index in [4.69, 9.17) is 25.5 Å². The van der Waals surface area contributed by atoms with Crippen molar-refractivity contribution in [3.8, 4) is 11.5 Å². The summed E-state index contributed by atoms with van der Waals surface area (Å²) in [6.45, 7) is 0.907. The number of rotatable bonds is 6. The maximum absolute atomic E-state index is 13.1. The number of fused-ring (bicyclic) bond motifs is 2. The van der Waals surface area contributed by atoms with Gasteiger partial charge in [0.25, 0.3) is 0 Å². The molecule has 1 aromatic heterocycles. The predicted octanol–water partition coefficient (Wildman–Crippen LogP) is 5.38. The molecule has 0 aliphatic carbocycles. The van der Waals surface area contributed by atoms with Crippen LogP contribution in [0.3, 0.4) is 0 Å². The van der Waals surface area contributed by atoms with Crippen molar-refractivity contribution in [2.45, 2.75) is 0 Å². The fourth-order valence-corrected chi connectivity index (χ4v) is 3.73. The maximum Gasteiger partial charge on any atom is 0.230 e. The quantitative estimate of drug-likeness (QED) is 0.400. The molecule has 1 aliphatic rings. The first-order valence-corrected chi connectivity index (χ1v) is 10.5. The van der Waals surface area contributed by atoms with E-state index < -0.39 is 0 Å². The molecule has 7 heteroatoms. The van der Waals surface area contributed by atoms with Crippen molar-refractivity contribution >= 4 is 39.8 Å². The minimum atomic E-state index is -0.299. The van der Waals surface area contributed by atoms with Crippen LogP contribution in [0.25, 0.3) is 11.0 Å². The SMILES string of the molecule is O=C(CNc1c(C(=O)c2ccc(Cl)cc2)oc2ccccc12)c1ccc2c(c1)OCCO2. The molecule has 1 aliphatic heterocycles. The van der Waals surface area contributed by atoms with Gasteiger partial charge in [0.2, 0.25) is 5.78 Å². The highest BCUT2D eigenvalue weighted by Gasteiger charge is 2.23. The maximum atomic E-state index is 13.1. The highest BCUT2D eigenvalue weighted by molar-refractivity contribution is 6.30. The number of nitrogens with one attached hydrogen (secondary N) is 1. The first kappa shape index (κ1) is 20.2. The zero-order valence-corrected chi connectivity index (χ0v) is 17.6. The van der Waals surface area contributed by atoms with Crippen molar-refractivity contribution in [1.82, 2.24) is 0 Å². The lowest BCUT2D eigenvalue weighted by molar-refractivity contribution is 0.0996. The molecule has 32 heavy (non-hydrogen) atoms. The second kappa shape index (κ2) is 8.40. The highest BCUT2D eigenvalue weighted by Crippen LogP contribution is 2.33. The standard InChI is InChI=1S/C25H18ClNO5/c26-17-8-5-15(6-9-17)24(29)25-23(18-3-1-2-4-20(18)32-25)27-14-19(28)16-7-10-21-22(13-16)31-12-11-30-21/h1-10,13,27H,11-12,14H2. The smallest absolute Gasteiger partial charge is 0.230 e. The van der Waals surface area contributed by atoms with Crippen LogP contribution in [0.15, 0.2) is 71.1 Å². The second-order valence-corrected chi connectivity index (χ2v) is 7.71. The summed E-state index contributed by atoms with van der Waals surface area (Å²) in [5.41, 5.74) is 1.96. The fourth-order valence-electron chi connectivity index (χ4n) is 3.60. The van der Waals surface area contributed by atoms with Crippen LogP contribution in [0, 0.1) is 0 Å². The molecule has 5 rings (SSSR count). The Kier molecular flexibility index (Phi) is 5.29. The van der Waals surface area contributed by atoms with Gasteiger partial charge in [-0.25, -0.2) is 0 Å². The highest BCUT2D eigenvalue weighted by atomic mass is 35.5. The van der Waals surface area contributed by atoms with Crippen molar-refractivity contribution < 1.29 is 23.5 Å². The summed E-state index contributed by atoms with van der Waals surface area (Å²) in [5, 5.41) is 4.37. The van der Waals surface area contributed by atoms with E-state index in [2.05, 4.69) is 5.32 Å². The van der Waals surface area contributed by atoms with E-state index in [1.165, 1.54) is 0 Å². The number of ether oxygens (including phenoxy) is 2. The van der Waals surface area contributed by atoms with Crippen molar-refractivity contribution in [1.29, 1.82) is 0 Å². The molecule has 0 unspecified atom stereocenters. The minimum absolute atomic E-state index is 0.0237. The van der Waals surface area contributed by atoms with Gasteiger partial charge in [0.05, 0.1) is 12.2 Å². The first-order valence-electron chi connectivity index (χ1n) is 10.1. The molecule has 0 saturated carbocycles. The minimum Gasteiger partial charge on any atom is -0.486 e. The van der Waals surface area contributed by atoms with Gasteiger partial charge in [0.15, 0.2) is 23.0 Å². The van der Waals surface area contributed by atoms with Gasteiger partial charge >= 0.3 is 0 Å². The number of Topliss-reactive ketones (excluding diaryl/α,β-unsaturated/α-hetero) is 1. The molecule has 3 aromatic carbocycles. The summed E-state index contributed by atoms with van der Waals surface area (Å²) < 4.78 is 16.9. The summed E-state index contributed by atoms with van der Waals surface area (Å²) in [6, 6.07) is 19.0. The predicted molar refractivity (Wildman–Crippen MR) is 121 cm³/mol. The lowest BCUT2D eigenvalue weighted by atomic mass is 10.1. The van der Waals surface area contributed by atoms with Gasteiger partial charge in [-0.2, -0.15) is 0 Å². The van der Waals surface area contributed by atoms with Gasteiger partial charge in [-0.3, -0.25) is 9.59 Å². The Morgan fingerprint density at radius 3 is 2.41 bits per heavy atom. The van der Waals surface area contributed by atoms with Crippen LogP contribution >= 0.6 is 11.6 Å². The Bertz CT molecular complexity index is 1330. The monoisotopic (exact) mass is 447 g/mol. The molecule has 0 radical (unpaired) electrons. The fraction of sp³-hybridized carbons (Fsp3) is 0.120. The number of carbonyl (C=O) groups is 2. The molecule has 6 nitrogen and oxygen atoms in total. The van der Waals surface area contributed by atoms with E-state index in [0.717, 1.165) is 5.39 Å².